The van der Waals surface area contributed by atoms with E-state index in [1.165, 1.54) is 24.7 Å². The molecular weight excluding hydrogens is 669 g/mol. The molecule has 272 valence electrons. The molecule has 0 aromatic heterocycles. The van der Waals surface area contributed by atoms with Crippen molar-refractivity contribution in [1.29, 1.82) is 0 Å². The van der Waals surface area contributed by atoms with Crippen LogP contribution in [0.25, 0.3) is 0 Å². The number of nitrogens with one attached hydrogen (secondary N) is 3. The maximum absolute atomic E-state index is 13.8. The average molecular weight is 722 g/mol. The fourth-order valence-electron chi connectivity index (χ4n) is 5.28. The van der Waals surface area contributed by atoms with E-state index in [0.29, 0.717) is 17.0 Å². The van der Waals surface area contributed by atoms with Gasteiger partial charge in [-0.15, -0.1) is 0 Å². The van der Waals surface area contributed by atoms with Crippen molar-refractivity contribution in [3.63, 3.8) is 0 Å². The lowest BCUT2D eigenvalue weighted by atomic mass is 9.99. The van der Waals surface area contributed by atoms with Gasteiger partial charge in [-0.3, -0.25) is 9.00 Å². The molecule has 1 amide bonds. The fourth-order valence-corrected chi connectivity index (χ4v) is 7.95. The summed E-state index contributed by atoms with van der Waals surface area (Å²) in [5.74, 6) is -2.05. The number of carbonyl (C=O) groups is 1. The molecule has 3 aromatic rings. The molecule has 0 radical (unpaired) electrons. The Morgan fingerprint density at radius 3 is 2.06 bits per heavy atom. The largest absolute Gasteiger partial charge is 0.390 e. The molecule has 0 saturated carbocycles. The number of sulfonamides is 1. The predicted molar refractivity (Wildman–Crippen MR) is 194 cm³/mol. The summed E-state index contributed by atoms with van der Waals surface area (Å²) in [4.78, 5) is 13.4. The third-order valence-electron chi connectivity index (χ3n) is 8.03. The molecule has 0 bridgehead atoms. The quantitative estimate of drug-likeness (QED) is 0.127. The number of hydrogen-bond acceptors (Lipinski definition) is 6. The Balaban J connectivity index is 0.000000639. The van der Waals surface area contributed by atoms with Crippen LogP contribution >= 0.6 is 0 Å². The van der Waals surface area contributed by atoms with E-state index >= 15 is 0 Å². The summed E-state index contributed by atoms with van der Waals surface area (Å²) in [5, 5.41) is 17.2. The van der Waals surface area contributed by atoms with Crippen LogP contribution in [0.4, 0.5) is 8.78 Å². The zero-order chi connectivity index (χ0) is 36.4. The number of benzene rings is 3. The number of amides is 1. The molecule has 2 unspecified atom stereocenters. The van der Waals surface area contributed by atoms with Gasteiger partial charge in [-0.2, -0.15) is 0 Å². The molecule has 4 N–H and O–H groups in total. The Bertz CT molecular complexity index is 1530. The van der Waals surface area contributed by atoms with Gasteiger partial charge in [-0.05, 0) is 73.7 Å². The summed E-state index contributed by atoms with van der Waals surface area (Å²) in [7, 11) is -3.00. The Kier molecular flexibility index (Phi) is 18.9. The third kappa shape index (κ3) is 15.2. The monoisotopic (exact) mass is 721 g/mol. The highest BCUT2D eigenvalue weighted by molar-refractivity contribution is 7.89. The van der Waals surface area contributed by atoms with Crippen molar-refractivity contribution in [1.82, 2.24) is 15.4 Å². The first-order chi connectivity index (χ1) is 23.3. The molecule has 3 rings (SSSR count). The number of halogens is 2. The summed E-state index contributed by atoms with van der Waals surface area (Å²) in [6.45, 7) is 8.65. The molecule has 8 nitrogen and oxygen atoms in total. The van der Waals surface area contributed by atoms with E-state index in [1.807, 2.05) is 12.1 Å². The molecule has 0 aliphatic carbocycles. The van der Waals surface area contributed by atoms with Crippen LogP contribution < -0.4 is 15.4 Å². The minimum Gasteiger partial charge on any atom is -0.390 e. The SMILES string of the molecule is CCCC(CCC)S(=O)CC(C)C(=O)N[C@@H](Cc1cc(F)cc(F)c1)[C@H](O)CNCc1cccc(CC)c1.CNS(=O)(=O)c1ccccc1. The minimum absolute atomic E-state index is 0.0543. The van der Waals surface area contributed by atoms with Gasteiger partial charge >= 0.3 is 0 Å². The van der Waals surface area contributed by atoms with Crippen molar-refractivity contribution >= 4 is 26.7 Å². The second-order valence-electron chi connectivity index (χ2n) is 12.1. The predicted octanol–water partition coefficient (Wildman–Crippen LogP) is 5.65. The van der Waals surface area contributed by atoms with Crippen LogP contribution in [0.1, 0.15) is 70.1 Å². The van der Waals surface area contributed by atoms with Gasteiger partial charge in [0.25, 0.3) is 0 Å². The van der Waals surface area contributed by atoms with Crippen LogP contribution in [-0.2, 0) is 45.0 Å². The van der Waals surface area contributed by atoms with E-state index in [0.717, 1.165) is 43.7 Å². The highest BCUT2D eigenvalue weighted by atomic mass is 32.2. The van der Waals surface area contributed by atoms with Crippen molar-refractivity contribution < 1.29 is 31.3 Å². The van der Waals surface area contributed by atoms with Gasteiger partial charge in [0.2, 0.25) is 15.9 Å². The fraction of sp³-hybridized carbons (Fsp3) is 0.486. The van der Waals surface area contributed by atoms with E-state index < -0.39 is 50.5 Å². The molecule has 0 saturated heterocycles. The van der Waals surface area contributed by atoms with Crippen molar-refractivity contribution in [2.75, 3.05) is 19.3 Å². The Morgan fingerprint density at radius 1 is 0.878 bits per heavy atom. The topological polar surface area (TPSA) is 125 Å². The van der Waals surface area contributed by atoms with Gasteiger partial charge in [0, 0.05) is 46.9 Å². The number of aliphatic hydroxyl groups is 1. The lowest BCUT2D eigenvalue weighted by Crippen LogP contribution is -2.50. The van der Waals surface area contributed by atoms with E-state index in [1.54, 1.807) is 37.3 Å². The van der Waals surface area contributed by atoms with Gasteiger partial charge in [-0.1, -0.05) is 83.0 Å². The number of carbonyl (C=O) groups excluding carboxylic acids is 1. The summed E-state index contributed by atoms with van der Waals surface area (Å²) in [6, 6.07) is 18.8. The molecular formula is C37H53F2N3O5S2. The smallest absolute Gasteiger partial charge is 0.240 e. The van der Waals surface area contributed by atoms with Crippen LogP contribution in [0.3, 0.4) is 0 Å². The highest BCUT2D eigenvalue weighted by Gasteiger charge is 2.27. The van der Waals surface area contributed by atoms with Crippen molar-refractivity contribution in [3.8, 4) is 0 Å². The highest BCUT2D eigenvalue weighted by Crippen LogP contribution is 2.17. The Morgan fingerprint density at radius 2 is 1.49 bits per heavy atom. The molecule has 12 heteroatoms. The van der Waals surface area contributed by atoms with Crippen LogP contribution in [-0.4, -0.2) is 60.4 Å². The van der Waals surface area contributed by atoms with E-state index in [-0.39, 0.29) is 29.9 Å². The lowest BCUT2D eigenvalue weighted by molar-refractivity contribution is -0.125. The van der Waals surface area contributed by atoms with Crippen LogP contribution in [0.2, 0.25) is 0 Å². The molecule has 3 aromatic carbocycles. The van der Waals surface area contributed by atoms with Gasteiger partial charge in [0.1, 0.15) is 11.6 Å². The van der Waals surface area contributed by atoms with Gasteiger partial charge < -0.3 is 15.7 Å². The molecule has 0 fully saturated rings. The number of aryl methyl sites for hydroxylation is 1. The van der Waals surface area contributed by atoms with E-state index in [2.05, 4.69) is 48.3 Å². The normalized spacial score (nSPS) is 14.0. The lowest BCUT2D eigenvalue weighted by Gasteiger charge is -2.27. The summed E-state index contributed by atoms with van der Waals surface area (Å²) < 4.78 is 65.0. The van der Waals surface area contributed by atoms with Gasteiger partial charge in [0.05, 0.1) is 17.0 Å². The molecule has 0 spiro atoms. The first-order valence-corrected chi connectivity index (χ1v) is 19.8. The Hall–Kier alpha value is -3.03. The van der Waals surface area contributed by atoms with Crippen molar-refractivity contribution in [3.05, 3.63) is 101 Å². The second-order valence-corrected chi connectivity index (χ2v) is 15.8. The zero-order valence-corrected chi connectivity index (χ0v) is 30.9. The first-order valence-electron chi connectivity index (χ1n) is 16.9. The third-order valence-corrected chi connectivity index (χ3v) is 11.5. The molecule has 0 heterocycles. The van der Waals surface area contributed by atoms with Crippen LogP contribution in [0.5, 0.6) is 0 Å². The van der Waals surface area contributed by atoms with Crippen LogP contribution in [0, 0.1) is 17.6 Å². The molecule has 4 atom stereocenters. The second kappa shape index (κ2) is 21.9. The maximum Gasteiger partial charge on any atom is 0.240 e. The number of rotatable bonds is 19. The standard InChI is InChI=1S/C30H44F2N2O3S.C7H9NO2S/c1-5-9-27(10-6-2)38(37)20-21(4)30(36)34-28(16-24-14-25(31)17-26(32)15-24)29(35)19-33-18-23-12-8-11-22(7-3)13-23;1-8-11(9,10)7-5-3-2-4-6-7/h8,11-15,17,21,27-29,33,35H,5-7,9-10,16,18-20H2,1-4H3,(H,34,36);2-6,8H,1H3/t21?,28-,29+,38?;/m0./s1. The number of hydrogen-bond donors (Lipinski definition) is 4. The van der Waals surface area contributed by atoms with E-state index in [9.17, 15) is 31.3 Å². The zero-order valence-electron chi connectivity index (χ0n) is 29.3. The first kappa shape index (κ1) is 42.1. The maximum atomic E-state index is 13.8. The Labute approximate surface area is 294 Å². The average Bonchev–Trinajstić information content (AvgIpc) is 3.08. The number of aliphatic hydroxyl groups excluding tert-OH is 1. The minimum atomic E-state index is -3.25. The molecule has 49 heavy (non-hydrogen) atoms. The summed E-state index contributed by atoms with van der Waals surface area (Å²) in [6.07, 6.45) is 3.55. The summed E-state index contributed by atoms with van der Waals surface area (Å²) in [5.41, 5.74) is 2.63. The van der Waals surface area contributed by atoms with Gasteiger partial charge in [0.15, 0.2) is 0 Å². The van der Waals surface area contributed by atoms with E-state index in [4.69, 9.17) is 0 Å². The van der Waals surface area contributed by atoms with Crippen molar-refractivity contribution in [2.45, 2.75) is 95.1 Å². The van der Waals surface area contributed by atoms with Crippen LogP contribution in [0.15, 0.2) is 77.7 Å². The molecule has 0 aliphatic rings. The van der Waals surface area contributed by atoms with Gasteiger partial charge in [-0.25, -0.2) is 21.9 Å². The van der Waals surface area contributed by atoms with Crippen molar-refractivity contribution in [2.24, 2.45) is 5.92 Å². The molecule has 0 aliphatic heterocycles. The summed E-state index contributed by atoms with van der Waals surface area (Å²) >= 11 is 0.